The zero-order chi connectivity index (χ0) is 12.0. The molecule has 0 amide bonds. The van der Waals surface area contributed by atoms with E-state index in [1.165, 1.54) is 30.8 Å². The van der Waals surface area contributed by atoms with Gasteiger partial charge >= 0.3 is 0 Å². The van der Waals surface area contributed by atoms with Crippen molar-refractivity contribution in [3.63, 3.8) is 0 Å². The molecular formula is C13H26OS2. The van der Waals surface area contributed by atoms with Crippen LogP contribution in [-0.2, 0) is 0 Å². The summed E-state index contributed by atoms with van der Waals surface area (Å²) in [6.45, 7) is 6.72. The highest BCUT2D eigenvalue weighted by atomic mass is 32.2. The Morgan fingerprint density at radius 3 is 2.31 bits per heavy atom. The van der Waals surface area contributed by atoms with Gasteiger partial charge in [-0.25, -0.2) is 0 Å². The first-order valence-electron chi connectivity index (χ1n) is 6.64. The van der Waals surface area contributed by atoms with Crippen molar-refractivity contribution in [2.45, 2.75) is 63.1 Å². The normalized spacial score (nSPS) is 28.3. The summed E-state index contributed by atoms with van der Waals surface area (Å²) in [5.74, 6) is 3.18. The molecule has 1 saturated heterocycles. The molecule has 0 aromatic carbocycles. The van der Waals surface area contributed by atoms with E-state index in [4.69, 9.17) is 0 Å². The number of hydrogen-bond donors (Lipinski definition) is 1. The maximum absolute atomic E-state index is 10.4. The monoisotopic (exact) mass is 262 g/mol. The van der Waals surface area contributed by atoms with Gasteiger partial charge in [0.25, 0.3) is 0 Å². The van der Waals surface area contributed by atoms with Crippen LogP contribution in [0.2, 0.25) is 0 Å². The quantitative estimate of drug-likeness (QED) is 0.786. The molecule has 16 heavy (non-hydrogen) atoms. The van der Waals surface area contributed by atoms with Crippen molar-refractivity contribution in [3.05, 3.63) is 0 Å². The topological polar surface area (TPSA) is 20.2 Å². The highest BCUT2D eigenvalue weighted by Gasteiger charge is 2.31. The van der Waals surface area contributed by atoms with Gasteiger partial charge < -0.3 is 5.11 Å². The summed E-state index contributed by atoms with van der Waals surface area (Å²) in [6, 6.07) is 0. The fourth-order valence-corrected chi connectivity index (χ4v) is 5.56. The van der Waals surface area contributed by atoms with Crippen molar-refractivity contribution in [1.82, 2.24) is 0 Å². The summed E-state index contributed by atoms with van der Waals surface area (Å²) in [5, 5.41) is 11.5. The van der Waals surface area contributed by atoms with Crippen molar-refractivity contribution in [3.8, 4) is 0 Å². The molecule has 1 aliphatic rings. The van der Waals surface area contributed by atoms with Crippen molar-refractivity contribution in [2.24, 2.45) is 5.92 Å². The van der Waals surface area contributed by atoms with Crippen molar-refractivity contribution >= 4 is 23.5 Å². The number of rotatable bonds is 6. The van der Waals surface area contributed by atoms with E-state index in [2.05, 4.69) is 32.5 Å². The Morgan fingerprint density at radius 1 is 1.12 bits per heavy atom. The van der Waals surface area contributed by atoms with Crippen LogP contribution in [0.3, 0.4) is 0 Å². The van der Waals surface area contributed by atoms with Crippen LogP contribution >= 0.6 is 23.5 Å². The lowest BCUT2D eigenvalue weighted by Gasteiger charge is -2.34. The fourth-order valence-electron chi connectivity index (χ4n) is 2.39. The van der Waals surface area contributed by atoms with E-state index in [0.29, 0.717) is 16.4 Å². The Hall–Kier alpha value is 0.660. The third kappa shape index (κ3) is 4.15. The minimum Gasteiger partial charge on any atom is -0.392 e. The SMILES string of the molecule is CCC(CC)CC(O)C1SCCSC1CC. The summed E-state index contributed by atoms with van der Waals surface area (Å²) in [7, 11) is 0. The van der Waals surface area contributed by atoms with Gasteiger partial charge in [0.05, 0.1) is 6.10 Å². The van der Waals surface area contributed by atoms with Crippen LogP contribution in [0.25, 0.3) is 0 Å². The van der Waals surface area contributed by atoms with Crippen LogP contribution in [-0.4, -0.2) is 33.2 Å². The first-order chi connectivity index (χ1) is 7.72. The molecule has 0 aromatic heterocycles. The Labute approximate surface area is 109 Å². The van der Waals surface area contributed by atoms with Crippen LogP contribution in [0.5, 0.6) is 0 Å². The summed E-state index contributed by atoms with van der Waals surface area (Å²) in [5.41, 5.74) is 0. The first kappa shape index (κ1) is 14.7. The molecule has 0 spiro atoms. The zero-order valence-corrected chi connectivity index (χ0v) is 12.4. The molecule has 0 saturated carbocycles. The zero-order valence-electron chi connectivity index (χ0n) is 10.8. The Morgan fingerprint density at radius 2 is 1.75 bits per heavy atom. The van der Waals surface area contributed by atoms with Crippen molar-refractivity contribution < 1.29 is 5.11 Å². The third-order valence-corrected chi connectivity index (χ3v) is 7.00. The van der Waals surface area contributed by atoms with Crippen LogP contribution in [0, 0.1) is 5.92 Å². The molecule has 0 aliphatic carbocycles. The molecule has 1 heterocycles. The predicted molar refractivity (Wildman–Crippen MR) is 77.5 cm³/mol. The molecule has 0 radical (unpaired) electrons. The summed E-state index contributed by atoms with van der Waals surface area (Å²) in [6.07, 6.45) is 4.51. The van der Waals surface area contributed by atoms with Crippen LogP contribution in [0.4, 0.5) is 0 Å². The van der Waals surface area contributed by atoms with Gasteiger partial charge in [0.2, 0.25) is 0 Å². The first-order valence-corrected chi connectivity index (χ1v) is 8.73. The van der Waals surface area contributed by atoms with Gasteiger partial charge in [-0.05, 0) is 18.8 Å². The predicted octanol–water partition coefficient (Wildman–Crippen LogP) is 3.80. The van der Waals surface area contributed by atoms with Gasteiger partial charge in [-0.1, -0.05) is 33.6 Å². The second kappa shape index (κ2) is 7.88. The van der Waals surface area contributed by atoms with Gasteiger partial charge in [0.1, 0.15) is 0 Å². The molecule has 3 atom stereocenters. The van der Waals surface area contributed by atoms with Gasteiger partial charge in [0.15, 0.2) is 0 Å². The van der Waals surface area contributed by atoms with Gasteiger partial charge in [0, 0.05) is 22.0 Å². The molecule has 1 nitrogen and oxygen atoms in total. The largest absolute Gasteiger partial charge is 0.392 e. The molecule has 3 unspecified atom stereocenters. The Kier molecular flexibility index (Phi) is 7.25. The number of aliphatic hydroxyl groups excluding tert-OH is 1. The average Bonchev–Trinajstić information content (AvgIpc) is 2.35. The summed E-state index contributed by atoms with van der Waals surface area (Å²) >= 11 is 4.06. The number of thioether (sulfide) groups is 2. The highest BCUT2D eigenvalue weighted by molar-refractivity contribution is 8.07. The number of hydrogen-bond acceptors (Lipinski definition) is 3. The van der Waals surface area contributed by atoms with Crippen LogP contribution in [0.15, 0.2) is 0 Å². The van der Waals surface area contributed by atoms with E-state index in [-0.39, 0.29) is 6.10 Å². The highest BCUT2D eigenvalue weighted by Crippen LogP contribution is 2.37. The lowest BCUT2D eigenvalue weighted by molar-refractivity contribution is 0.135. The van der Waals surface area contributed by atoms with Gasteiger partial charge in [-0.2, -0.15) is 23.5 Å². The molecule has 1 fully saturated rings. The van der Waals surface area contributed by atoms with E-state index >= 15 is 0 Å². The second-order valence-corrected chi connectivity index (χ2v) is 7.27. The molecular weight excluding hydrogens is 236 g/mol. The Bertz CT molecular complexity index is 183. The summed E-state index contributed by atoms with van der Waals surface area (Å²) in [4.78, 5) is 0. The third-order valence-electron chi connectivity index (χ3n) is 3.60. The second-order valence-electron chi connectivity index (χ2n) is 4.64. The fraction of sp³-hybridized carbons (Fsp3) is 1.00. The lowest BCUT2D eigenvalue weighted by Crippen LogP contribution is -2.37. The molecule has 0 aromatic rings. The molecule has 1 N–H and O–H groups in total. The van der Waals surface area contributed by atoms with E-state index < -0.39 is 0 Å². The van der Waals surface area contributed by atoms with Crippen molar-refractivity contribution in [1.29, 1.82) is 0 Å². The Balaban J connectivity index is 2.46. The maximum Gasteiger partial charge on any atom is 0.0672 e. The van der Waals surface area contributed by atoms with E-state index in [1.54, 1.807) is 0 Å². The van der Waals surface area contributed by atoms with Crippen LogP contribution in [0.1, 0.15) is 46.5 Å². The minimum atomic E-state index is -0.0901. The molecule has 3 heteroatoms. The maximum atomic E-state index is 10.4. The van der Waals surface area contributed by atoms with Gasteiger partial charge in [-0.15, -0.1) is 0 Å². The lowest BCUT2D eigenvalue weighted by atomic mass is 9.93. The molecule has 96 valence electrons. The van der Waals surface area contributed by atoms with Crippen LogP contribution < -0.4 is 0 Å². The summed E-state index contributed by atoms with van der Waals surface area (Å²) < 4.78 is 0. The average molecular weight is 262 g/mol. The minimum absolute atomic E-state index is 0.0901. The van der Waals surface area contributed by atoms with Gasteiger partial charge in [-0.3, -0.25) is 0 Å². The van der Waals surface area contributed by atoms with E-state index in [9.17, 15) is 5.11 Å². The molecule has 1 aliphatic heterocycles. The molecule has 0 bridgehead atoms. The number of aliphatic hydroxyl groups is 1. The van der Waals surface area contributed by atoms with E-state index in [0.717, 1.165) is 6.42 Å². The standard InChI is InChI=1S/C13H26OS2/c1-4-10(5-2)9-11(14)13-12(6-3)15-7-8-16-13/h10-14H,4-9H2,1-3H3. The van der Waals surface area contributed by atoms with Crippen molar-refractivity contribution in [2.75, 3.05) is 11.5 Å². The molecule has 1 rings (SSSR count). The van der Waals surface area contributed by atoms with E-state index in [1.807, 2.05) is 11.8 Å². The smallest absolute Gasteiger partial charge is 0.0672 e.